The molecule has 3 rings (SSSR count). The number of esters is 1. The smallest absolute Gasteiger partial charge is 0.451 e. The van der Waals surface area contributed by atoms with Crippen LogP contribution in [0.2, 0.25) is 0 Å². The Bertz CT molecular complexity index is 1080. The second kappa shape index (κ2) is 5.93. The van der Waals surface area contributed by atoms with Crippen molar-refractivity contribution in [3.63, 3.8) is 0 Å². The maximum Gasteiger partial charge on any atom is 0.451 e. The van der Waals surface area contributed by atoms with Crippen LogP contribution in [0.5, 0.6) is 0 Å². The van der Waals surface area contributed by atoms with Crippen molar-refractivity contribution in [2.24, 2.45) is 0 Å². The molecule has 0 bridgehead atoms. The lowest BCUT2D eigenvalue weighted by Gasteiger charge is -2.11. The molecule has 0 aliphatic carbocycles. The van der Waals surface area contributed by atoms with Crippen molar-refractivity contribution in [1.82, 2.24) is 24.7 Å². The first-order valence-electron chi connectivity index (χ1n) is 7.26. The van der Waals surface area contributed by atoms with Gasteiger partial charge in [0.15, 0.2) is 0 Å². The molecule has 0 fully saturated rings. The third kappa shape index (κ3) is 2.70. The SMILES string of the molecule is COC(=O)c1c(C)nc(C)c2c(=O)n(-c3n[nH]c(C(F)(F)F)n3)ccc12. The number of carbonyl (C=O) groups is 1. The van der Waals surface area contributed by atoms with E-state index < -0.39 is 29.5 Å². The summed E-state index contributed by atoms with van der Waals surface area (Å²) in [6, 6.07) is 1.41. The number of H-pyrrole nitrogens is 1. The van der Waals surface area contributed by atoms with Crippen molar-refractivity contribution in [2.75, 3.05) is 7.11 Å². The van der Waals surface area contributed by atoms with Crippen LogP contribution in [0.1, 0.15) is 27.6 Å². The molecule has 0 aliphatic rings. The number of aromatic amines is 1. The third-order valence-electron chi connectivity index (χ3n) is 3.77. The maximum absolute atomic E-state index is 12.8. The van der Waals surface area contributed by atoms with E-state index in [1.54, 1.807) is 18.9 Å². The minimum atomic E-state index is -4.72. The van der Waals surface area contributed by atoms with Gasteiger partial charge in [-0.05, 0) is 19.9 Å². The minimum Gasteiger partial charge on any atom is -0.465 e. The maximum atomic E-state index is 12.8. The average molecular weight is 367 g/mol. The summed E-state index contributed by atoms with van der Waals surface area (Å²) in [5.41, 5.74) is 0.0982. The van der Waals surface area contributed by atoms with E-state index >= 15 is 0 Å². The van der Waals surface area contributed by atoms with Crippen molar-refractivity contribution >= 4 is 16.7 Å². The van der Waals surface area contributed by atoms with Gasteiger partial charge in [0, 0.05) is 11.6 Å². The van der Waals surface area contributed by atoms with E-state index in [1.807, 2.05) is 0 Å². The molecule has 0 atom stereocenters. The predicted octanol–water partition coefficient (Wildman–Crippen LogP) is 1.93. The Hall–Kier alpha value is -3.24. The molecule has 0 saturated carbocycles. The Labute approximate surface area is 143 Å². The molecule has 0 radical (unpaired) electrons. The highest BCUT2D eigenvalue weighted by Gasteiger charge is 2.35. The molecule has 3 aromatic heterocycles. The molecule has 0 saturated heterocycles. The molecular weight excluding hydrogens is 355 g/mol. The molecule has 0 aliphatic heterocycles. The standard InChI is InChI=1S/C15H12F3N5O3/c1-6-9-8(10(7(2)19-6)12(25)26-3)4-5-23(11(9)24)14-20-13(21-22-14)15(16,17)18/h4-5H,1-3H3,(H,20,21,22). The van der Waals surface area contributed by atoms with Crippen LogP contribution >= 0.6 is 0 Å². The summed E-state index contributed by atoms with van der Waals surface area (Å²) in [7, 11) is 1.20. The van der Waals surface area contributed by atoms with Gasteiger partial charge in [0.2, 0.25) is 5.82 Å². The summed E-state index contributed by atoms with van der Waals surface area (Å²) >= 11 is 0. The lowest BCUT2D eigenvalue weighted by atomic mass is 10.0. The van der Waals surface area contributed by atoms with E-state index in [9.17, 15) is 22.8 Å². The molecule has 8 nitrogen and oxygen atoms in total. The summed E-state index contributed by atoms with van der Waals surface area (Å²) in [6.07, 6.45) is -3.53. The Morgan fingerprint density at radius 2 is 1.92 bits per heavy atom. The van der Waals surface area contributed by atoms with Crippen LogP contribution < -0.4 is 5.56 Å². The van der Waals surface area contributed by atoms with Gasteiger partial charge in [0.05, 0.1) is 29.4 Å². The minimum absolute atomic E-state index is 0.0665. The summed E-state index contributed by atoms with van der Waals surface area (Å²) in [6.45, 7) is 3.15. The van der Waals surface area contributed by atoms with Crippen molar-refractivity contribution in [3.05, 3.63) is 45.4 Å². The number of hydrogen-bond donors (Lipinski definition) is 1. The number of pyridine rings is 2. The number of aromatic nitrogens is 5. The van der Waals surface area contributed by atoms with Crippen LogP contribution in [0.4, 0.5) is 13.2 Å². The number of aryl methyl sites for hydroxylation is 2. The molecule has 1 N–H and O–H groups in total. The second-order valence-corrected chi connectivity index (χ2v) is 5.41. The number of fused-ring (bicyclic) bond motifs is 1. The average Bonchev–Trinajstić information content (AvgIpc) is 3.04. The van der Waals surface area contributed by atoms with Gasteiger partial charge >= 0.3 is 12.1 Å². The summed E-state index contributed by atoms with van der Waals surface area (Å²) < 4.78 is 43.6. The van der Waals surface area contributed by atoms with Crippen LogP contribution in [0.15, 0.2) is 17.1 Å². The van der Waals surface area contributed by atoms with Gasteiger partial charge in [-0.3, -0.25) is 19.4 Å². The Morgan fingerprint density at radius 3 is 2.50 bits per heavy atom. The first kappa shape index (κ1) is 17.6. The zero-order valence-corrected chi connectivity index (χ0v) is 13.8. The van der Waals surface area contributed by atoms with Crippen LogP contribution in [0, 0.1) is 13.8 Å². The number of methoxy groups -OCH3 is 1. The van der Waals surface area contributed by atoms with Gasteiger partial charge in [-0.1, -0.05) is 0 Å². The van der Waals surface area contributed by atoms with E-state index in [1.165, 1.54) is 19.4 Å². The van der Waals surface area contributed by atoms with E-state index in [-0.39, 0.29) is 16.3 Å². The quantitative estimate of drug-likeness (QED) is 0.694. The van der Waals surface area contributed by atoms with E-state index in [0.29, 0.717) is 11.4 Å². The van der Waals surface area contributed by atoms with Gasteiger partial charge in [-0.25, -0.2) is 4.79 Å². The van der Waals surface area contributed by atoms with Crippen molar-refractivity contribution in [2.45, 2.75) is 20.0 Å². The van der Waals surface area contributed by atoms with E-state index in [0.717, 1.165) is 4.57 Å². The van der Waals surface area contributed by atoms with Gasteiger partial charge in [0.25, 0.3) is 11.5 Å². The van der Waals surface area contributed by atoms with Crippen LogP contribution in [0.3, 0.4) is 0 Å². The number of halogens is 3. The Balaban J connectivity index is 2.29. The number of nitrogens with one attached hydrogen (secondary N) is 1. The zero-order valence-electron chi connectivity index (χ0n) is 13.8. The topological polar surface area (TPSA) is 103 Å². The first-order valence-corrected chi connectivity index (χ1v) is 7.26. The second-order valence-electron chi connectivity index (χ2n) is 5.41. The number of nitrogens with zero attached hydrogens (tertiary/aromatic N) is 4. The highest BCUT2D eigenvalue weighted by atomic mass is 19.4. The molecule has 3 heterocycles. The summed E-state index contributed by atoms with van der Waals surface area (Å²) in [4.78, 5) is 32.3. The molecule has 11 heteroatoms. The summed E-state index contributed by atoms with van der Waals surface area (Å²) in [5.74, 6) is -2.47. The lowest BCUT2D eigenvalue weighted by molar-refractivity contribution is -0.144. The van der Waals surface area contributed by atoms with Crippen molar-refractivity contribution in [3.8, 4) is 5.95 Å². The van der Waals surface area contributed by atoms with Gasteiger partial charge in [0.1, 0.15) is 0 Å². The van der Waals surface area contributed by atoms with Gasteiger partial charge in [-0.15, -0.1) is 5.10 Å². The Kier molecular flexibility index (Phi) is 4.01. The van der Waals surface area contributed by atoms with Crippen molar-refractivity contribution < 1.29 is 22.7 Å². The van der Waals surface area contributed by atoms with E-state index in [4.69, 9.17) is 4.74 Å². The van der Waals surface area contributed by atoms with E-state index in [2.05, 4.69) is 15.1 Å². The predicted molar refractivity (Wildman–Crippen MR) is 83.1 cm³/mol. The molecule has 3 aromatic rings. The lowest BCUT2D eigenvalue weighted by Crippen LogP contribution is -2.22. The number of alkyl halides is 3. The largest absolute Gasteiger partial charge is 0.465 e. The molecule has 0 unspecified atom stereocenters. The Morgan fingerprint density at radius 1 is 1.23 bits per heavy atom. The number of hydrogen-bond acceptors (Lipinski definition) is 6. The van der Waals surface area contributed by atoms with Crippen LogP contribution in [0.25, 0.3) is 16.7 Å². The monoisotopic (exact) mass is 367 g/mol. The highest BCUT2D eigenvalue weighted by molar-refractivity contribution is 6.05. The molecule has 136 valence electrons. The fraction of sp³-hybridized carbons (Fsp3) is 0.267. The molecule has 0 aromatic carbocycles. The fourth-order valence-corrected chi connectivity index (χ4v) is 2.66. The molecular formula is C15H12F3N5O3. The number of carbonyl (C=O) groups excluding carboxylic acids is 1. The third-order valence-corrected chi connectivity index (χ3v) is 3.77. The fourth-order valence-electron chi connectivity index (χ4n) is 2.66. The number of rotatable bonds is 2. The van der Waals surface area contributed by atoms with Gasteiger partial charge in [-0.2, -0.15) is 18.2 Å². The zero-order chi connectivity index (χ0) is 19.2. The van der Waals surface area contributed by atoms with Crippen LogP contribution in [-0.4, -0.2) is 37.8 Å². The molecule has 0 amide bonds. The first-order chi connectivity index (χ1) is 12.1. The van der Waals surface area contributed by atoms with Crippen molar-refractivity contribution in [1.29, 1.82) is 0 Å². The highest BCUT2D eigenvalue weighted by Crippen LogP contribution is 2.26. The van der Waals surface area contributed by atoms with Crippen LogP contribution in [-0.2, 0) is 10.9 Å². The molecule has 26 heavy (non-hydrogen) atoms. The summed E-state index contributed by atoms with van der Waals surface area (Å²) in [5, 5.41) is 5.54. The number of ether oxygens (including phenoxy) is 1. The normalized spacial score (nSPS) is 11.8. The van der Waals surface area contributed by atoms with Gasteiger partial charge < -0.3 is 4.74 Å². The molecule has 0 spiro atoms.